The molecular weight excluding hydrogens is 347 g/mol. The van der Waals surface area contributed by atoms with E-state index in [1.54, 1.807) is 30.3 Å². The molecule has 2 aromatic carbocycles. The van der Waals surface area contributed by atoms with Crippen LogP contribution in [0.3, 0.4) is 0 Å². The number of hydrogen-bond acceptors (Lipinski definition) is 4. The maximum atomic E-state index is 13.1. The molecule has 0 aliphatic carbocycles. The minimum atomic E-state index is -0.272. The third kappa shape index (κ3) is 4.94. The van der Waals surface area contributed by atoms with Crippen molar-refractivity contribution in [2.45, 2.75) is 26.9 Å². The second-order valence-electron chi connectivity index (χ2n) is 6.25. The first-order valence-electron chi connectivity index (χ1n) is 8.70. The van der Waals surface area contributed by atoms with Crippen LogP contribution in [0, 0.1) is 19.7 Å². The summed E-state index contributed by atoms with van der Waals surface area (Å²) in [5, 5.41) is 6.73. The van der Waals surface area contributed by atoms with E-state index in [4.69, 9.17) is 9.26 Å². The Bertz CT molecular complexity index is 900. The standard InChI is InChI=1S/C21H21FN2O3/c1-14-20(15(2)27-24-14)13-26-19-8-6-17(7-9-19)21(25)23-11-10-16-4-3-5-18(22)12-16/h3-9,12H,10-11,13H2,1-2H3,(H,23,25). The quantitative estimate of drug-likeness (QED) is 0.685. The van der Waals surface area contributed by atoms with Gasteiger partial charge in [0.1, 0.15) is 23.9 Å². The largest absolute Gasteiger partial charge is 0.489 e. The molecule has 0 spiro atoms. The van der Waals surface area contributed by atoms with Gasteiger partial charge in [-0.15, -0.1) is 0 Å². The second kappa shape index (κ2) is 8.49. The number of aryl methyl sites for hydroxylation is 2. The molecule has 1 aromatic heterocycles. The van der Waals surface area contributed by atoms with Gasteiger partial charge in [-0.3, -0.25) is 4.79 Å². The molecule has 0 aliphatic rings. The zero-order valence-electron chi connectivity index (χ0n) is 15.3. The number of amides is 1. The summed E-state index contributed by atoms with van der Waals surface area (Å²) in [6.07, 6.45) is 0.572. The van der Waals surface area contributed by atoms with Crippen LogP contribution >= 0.6 is 0 Å². The lowest BCUT2D eigenvalue weighted by atomic mass is 10.1. The normalized spacial score (nSPS) is 10.6. The van der Waals surface area contributed by atoms with Gasteiger partial charge in [-0.1, -0.05) is 17.3 Å². The summed E-state index contributed by atoms with van der Waals surface area (Å²) >= 11 is 0. The van der Waals surface area contributed by atoms with Crippen LogP contribution < -0.4 is 10.1 Å². The Labute approximate surface area is 157 Å². The molecule has 0 atom stereocenters. The first kappa shape index (κ1) is 18.6. The number of aromatic nitrogens is 1. The predicted molar refractivity (Wildman–Crippen MR) is 99.2 cm³/mol. The third-order valence-electron chi connectivity index (χ3n) is 4.27. The Kier molecular flexibility index (Phi) is 5.86. The highest BCUT2D eigenvalue weighted by Gasteiger charge is 2.10. The summed E-state index contributed by atoms with van der Waals surface area (Å²) in [6, 6.07) is 13.3. The van der Waals surface area contributed by atoms with E-state index < -0.39 is 0 Å². The van der Waals surface area contributed by atoms with Crippen LogP contribution in [0.15, 0.2) is 53.1 Å². The Balaban J connectivity index is 1.49. The summed E-state index contributed by atoms with van der Waals surface area (Å²) in [6.45, 7) is 4.51. The number of benzene rings is 2. The van der Waals surface area contributed by atoms with E-state index in [0.29, 0.717) is 30.9 Å². The highest BCUT2D eigenvalue weighted by atomic mass is 19.1. The fraction of sp³-hybridized carbons (Fsp3) is 0.238. The van der Waals surface area contributed by atoms with E-state index in [0.717, 1.165) is 22.6 Å². The highest BCUT2D eigenvalue weighted by Crippen LogP contribution is 2.18. The fourth-order valence-corrected chi connectivity index (χ4v) is 2.68. The molecule has 1 heterocycles. The molecule has 0 unspecified atom stereocenters. The Morgan fingerprint density at radius 3 is 2.63 bits per heavy atom. The van der Waals surface area contributed by atoms with Gasteiger partial charge in [-0.05, 0) is 62.2 Å². The first-order valence-corrected chi connectivity index (χ1v) is 8.70. The summed E-state index contributed by atoms with van der Waals surface area (Å²) in [7, 11) is 0. The molecule has 1 N–H and O–H groups in total. The molecule has 0 fully saturated rings. The molecule has 27 heavy (non-hydrogen) atoms. The van der Waals surface area contributed by atoms with Crippen molar-refractivity contribution >= 4 is 5.91 Å². The Morgan fingerprint density at radius 1 is 1.19 bits per heavy atom. The number of carbonyl (C=O) groups is 1. The van der Waals surface area contributed by atoms with Crippen molar-refractivity contribution in [2.75, 3.05) is 6.54 Å². The lowest BCUT2D eigenvalue weighted by Gasteiger charge is -2.08. The number of carbonyl (C=O) groups excluding carboxylic acids is 1. The number of hydrogen-bond donors (Lipinski definition) is 1. The predicted octanol–water partition coefficient (Wildman–Crippen LogP) is 3.98. The molecule has 6 heteroatoms. The first-order chi connectivity index (χ1) is 13.0. The average Bonchev–Trinajstić information content (AvgIpc) is 2.98. The molecular formula is C21H21FN2O3. The number of ether oxygens (including phenoxy) is 1. The average molecular weight is 368 g/mol. The topological polar surface area (TPSA) is 64.4 Å². The van der Waals surface area contributed by atoms with Crippen LogP contribution in [0.1, 0.15) is 32.9 Å². The summed E-state index contributed by atoms with van der Waals surface area (Å²) < 4.78 is 24.0. The van der Waals surface area contributed by atoms with Gasteiger partial charge < -0.3 is 14.6 Å². The molecule has 0 aliphatic heterocycles. The van der Waals surface area contributed by atoms with E-state index >= 15 is 0 Å². The van der Waals surface area contributed by atoms with Crippen molar-refractivity contribution < 1.29 is 18.4 Å². The molecule has 5 nitrogen and oxygen atoms in total. The van der Waals surface area contributed by atoms with Crippen molar-refractivity contribution in [3.8, 4) is 5.75 Å². The Morgan fingerprint density at radius 2 is 1.96 bits per heavy atom. The third-order valence-corrected chi connectivity index (χ3v) is 4.27. The van der Waals surface area contributed by atoms with Gasteiger partial charge in [0.15, 0.2) is 0 Å². The summed E-state index contributed by atoms with van der Waals surface area (Å²) in [5.41, 5.74) is 3.12. The van der Waals surface area contributed by atoms with Crippen LogP contribution in [0.2, 0.25) is 0 Å². The monoisotopic (exact) mass is 368 g/mol. The lowest BCUT2D eigenvalue weighted by molar-refractivity contribution is 0.0954. The number of nitrogens with one attached hydrogen (secondary N) is 1. The summed E-state index contributed by atoms with van der Waals surface area (Å²) in [4.78, 5) is 12.2. The van der Waals surface area contributed by atoms with Crippen LogP contribution in [-0.4, -0.2) is 17.6 Å². The van der Waals surface area contributed by atoms with Crippen molar-refractivity contribution in [3.05, 3.63) is 82.5 Å². The zero-order chi connectivity index (χ0) is 19.2. The van der Waals surface area contributed by atoms with Gasteiger partial charge in [0.2, 0.25) is 0 Å². The zero-order valence-corrected chi connectivity index (χ0v) is 15.3. The second-order valence-corrected chi connectivity index (χ2v) is 6.25. The molecule has 3 rings (SSSR count). The van der Waals surface area contributed by atoms with Gasteiger partial charge in [0, 0.05) is 12.1 Å². The van der Waals surface area contributed by atoms with Crippen molar-refractivity contribution in [1.29, 1.82) is 0 Å². The van der Waals surface area contributed by atoms with Gasteiger partial charge in [-0.25, -0.2) is 4.39 Å². The lowest BCUT2D eigenvalue weighted by Crippen LogP contribution is -2.25. The van der Waals surface area contributed by atoms with E-state index in [1.165, 1.54) is 12.1 Å². The van der Waals surface area contributed by atoms with Crippen LogP contribution in [0.4, 0.5) is 4.39 Å². The smallest absolute Gasteiger partial charge is 0.251 e. The van der Waals surface area contributed by atoms with Gasteiger partial charge in [0.05, 0.1) is 11.3 Å². The Hall–Kier alpha value is -3.15. The SMILES string of the molecule is Cc1noc(C)c1COc1ccc(C(=O)NCCc2cccc(F)c2)cc1. The molecule has 3 aromatic rings. The van der Waals surface area contributed by atoms with E-state index in [9.17, 15) is 9.18 Å². The minimum Gasteiger partial charge on any atom is -0.489 e. The maximum Gasteiger partial charge on any atom is 0.251 e. The highest BCUT2D eigenvalue weighted by molar-refractivity contribution is 5.94. The fourth-order valence-electron chi connectivity index (χ4n) is 2.68. The molecule has 0 radical (unpaired) electrons. The molecule has 0 saturated carbocycles. The van der Waals surface area contributed by atoms with Gasteiger partial charge >= 0.3 is 0 Å². The van der Waals surface area contributed by atoms with Crippen LogP contribution in [-0.2, 0) is 13.0 Å². The van der Waals surface area contributed by atoms with Crippen molar-refractivity contribution in [2.24, 2.45) is 0 Å². The minimum absolute atomic E-state index is 0.177. The molecule has 140 valence electrons. The number of rotatable bonds is 7. The molecule has 0 saturated heterocycles. The van der Waals surface area contributed by atoms with E-state index in [2.05, 4.69) is 10.5 Å². The van der Waals surface area contributed by atoms with E-state index in [-0.39, 0.29) is 11.7 Å². The number of nitrogens with zero attached hydrogens (tertiary/aromatic N) is 1. The molecule has 1 amide bonds. The van der Waals surface area contributed by atoms with Gasteiger partial charge in [0.25, 0.3) is 5.91 Å². The summed E-state index contributed by atoms with van der Waals surface area (Å²) in [5.74, 6) is 0.947. The van der Waals surface area contributed by atoms with Crippen LogP contribution in [0.5, 0.6) is 5.75 Å². The number of halogens is 1. The molecule has 0 bridgehead atoms. The van der Waals surface area contributed by atoms with E-state index in [1.807, 2.05) is 19.9 Å². The van der Waals surface area contributed by atoms with Gasteiger partial charge in [-0.2, -0.15) is 0 Å². The van der Waals surface area contributed by atoms with Crippen LogP contribution in [0.25, 0.3) is 0 Å². The van der Waals surface area contributed by atoms with Crippen molar-refractivity contribution in [3.63, 3.8) is 0 Å². The van der Waals surface area contributed by atoms with Crippen molar-refractivity contribution in [1.82, 2.24) is 10.5 Å². The maximum absolute atomic E-state index is 13.1.